The molecule has 0 aliphatic heterocycles. The van der Waals surface area contributed by atoms with Gasteiger partial charge in [-0.2, -0.15) is 0 Å². The first kappa shape index (κ1) is 12.6. The Hall–Kier alpha value is -1.88. The Labute approximate surface area is 104 Å². The first-order valence-electron chi connectivity index (χ1n) is 5.78. The van der Waals surface area contributed by atoms with Crippen molar-refractivity contribution in [2.75, 3.05) is 0 Å². The summed E-state index contributed by atoms with van der Waals surface area (Å²) in [7, 11) is 0. The van der Waals surface area contributed by atoms with E-state index in [1.807, 2.05) is 0 Å². The van der Waals surface area contributed by atoms with Crippen LogP contribution in [0.25, 0.3) is 0 Å². The van der Waals surface area contributed by atoms with Crippen LogP contribution in [-0.2, 0) is 4.79 Å². The smallest absolute Gasteiger partial charge is 0.335 e. The SMILES string of the molecule is NC1(C(=O)O)CCC(c2ccc(C(=O)O)cc2)C1. The van der Waals surface area contributed by atoms with E-state index in [0.717, 1.165) is 12.0 Å². The molecular formula is C13H15NO4. The van der Waals surface area contributed by atoms with E-state index < -0.39 is 17.5 Å². The molecule has 2 atom stereocenters. The normalized spacial score (nSPS) is 27.1. The topological polar surface area (TPSA) is 101 Å². The van der Waals surface area contributed by atoms with Gasteiger partial charge in [-0.25, -0.2) is 4.79 Å². The molecule has 1 saturated carbocycles. The molecule has 0 aromatic heterocycles. The minimum absolute atomic E-state index is 0.0916. The van der Waals surface area contributed by atoms with Crippen molar-refractivity contribution < 1.29 is 19.8 Å². The lowest BCUT2D eigenvalue weighted by Crippen LogP contribution is -2.45. The third kappa shape index (κ3) is 2.22. The van der Waals surface area contributed by atoms with Crippen molar-refractivity contribution in [3.63, 3.8) is 0 Å². The van der Waals surface area contributed by atoms with Gasteiger partial charge in [0.25, 0.3) is 0 Å². The van der Waals surface area contributed by atoms with Gasteiger partial charge in [-0.15, -0.1) is 0 Å². The molecule has 0 radical (unpaired) electrons. The van der Waals surface area contributed by atoms with Crippen molar-refractivity contribution in [2.45, 2.75) is 30.7 Å². The van der Waals surface area contributed by atoms with E-state index in [1.165, 1.54) is 12.1 Å². The third-order valence-corrected chi connectivity index (χ3v) is 3.60. The Morgan fingerprint density at radius 2 is 1.83 bits per heavy atom. The van der Waals surface area contributed by atoms with E-state index in [9.17, 15) is 9.59 Å². The summed E-state index contributed by atoms with van der Waals surface area (Å²) in [5.41, 5.74) is 5.85. The summed E-state index contributed by atoms with van der Waals surface area (Å²) < 4.78 is 0. The van der Waals surface area contributed by atoms with Gasteiger partial charge in [0, 0.05) is 0 Å². The molecule has 0 bridgehead atoms. The van der Waals surface area contributed by atoms with Crippen LogP contribution in [0, 0.1) is 0 Å². The molecule has 2 unspecified atom stereocenters. The lowest BCUT2D eigenvalue weighted by molar-refractivity contribution is -0.143. The van der Waals surface area contributed by atoms with Gasteiger partial charge >= 0.3 is 11.9 Å². The molecule has 0 spiro atoms. The summed E-state index contributed by atoms with van der Waals surface area (Å²) in [6.07, 6.45) is 1.57. The maximum absolute atomic E-state index is 11.0. The van der Waals surface area contributed by atoms with Gasteiger partial charge in [0.15, 0.2) is 0 Å². The number of carboxylic acids is 2. The number of hydrogen-bond acceptors (Lipinski definition) is 3. The van der Waals surface area contributed by atoms with Gasteiger partial charge in [0.1, 0.15) is 5.54 Å². The van der Waals surface area contributed by atoms with E-state index in [4.69, 9.17) is 15.9 Å². The van der Waals surface area contributed by atoms with Crippen LogP contribution in [0.4, 0.5) is 0 Å². The second-order valence-corrected chi connectivity index (χ2v) is 4.83. The zero-order valence-electron chi connectivity index (χ0n) is 9.80. The highest BCUT2D eigenvalue weighted by Gasteiger charge is 2.42. The van der Waals surface area contributed by atoms with Crippen molar-refractivity contribution in [2.24, 2.45) is 5.73 Å². The number of carboxylic acid groups (broad SMARTS) is 2. The number of aliphatic carboxylic acids is 1. The second kappa shape index (κ2) is 4.42. The molecule has 0 heterocycles. The van der Waals surface area contributed by atoms with Crippen molar-refractivity contribution in [3.8, 4) is 0 Å². The first-order valence-corrected chi connectivity index (χ1v) is 5.78. The zero-order chi connectivity index (χ0) is 13.3. The Bertz CT molecular complexity index is 482. The van der Waals surface area contributed by atoms with E-state index in [1.54, 1.807) is 12.1 Å². The molecule has 4 N–H and O–H groups in total. The first-order chi connectivity index (χ1) is 8.42. The zero-order valence-corrected chi connectivity index (χ0v) is 9.80. The highest BCUT2D eigenvalue weighted by atomic mass is 16.4. The van der Waals surface area contributed by atoms with Crippen LogP contribution < -0.4 is 5.73 Å². The van der Waals surface area contributed by atoms with E-state index in [0.29, 0.717) is 12.8 Å². The lowest BCUT2D eigenvalue weighted by Gasteiger charge is -2.18. The number of nitrogens with two attached hydrogens (primary N) is 1. The summed E-state index contributed by atoms with van der Waals surface area (Å²) >= 11 is 0. The molecule has 1 aromatic carbocycles. The van der Waals surface area contributed by atoms with Crippen LogP contribution in [0.3, 0.4) is 0 Å². The average molecular weight is 249 g/mol. The van der Waals surface area contributed by atoms with Crippen molar-refractivity contribution in [1.29, 1.82) is 0 Å². The molecule has 5 nitrogen and oxygen atoms in total. The predicted molar refractivity (Wildman–Crippen MR) is 64.5 cm³/mol. The largest absolute Gasteiger partial charge is 0.480 e. The Morgan fingerprint density at radius 3 is 2.28 bits per heavy atom. The summed E-state index contributed by atoms with van der Waals surface area (Å²) in [4.78, 5) is 21.8. The molecule has 1 aliphatic rings. The fourth-order valence-electron chi connectivity index (χ4n) is 2.45. The van der Waals surface area contributed by atoms with Crippen molar-refractivity contribution in [1.82, 2.24) is 0 Å². The van der Waals surface area contributed by atoms with E-state index in [2.05, 4.69) is 0 Å². The number of carbonyl (C=O) groups is 2. The molecule has 1 aromatic rings. The molecule has 1 fully saturated rings. The summed E-state index contributed by atoms with van der Waals surface area (Å²) in [6, 6.07) is 6.55. The maximum atomic E-state index is 11.0. The maximum Gasteiger partial charge on any atom is 0.335 e. The highest BCUT2D eigenvalue weighted by Crippen LogP contribution is 2.39. The summed E-state index contributed by atoms with van der Waals surface area (Å²) in [6.45, 7) is 0. The molecule has 1 aliphatic carbocycles. The van der Waals surface area contributed by atoms with Gasteiger partial charge in [0.05, 0.1) is 5.56 Å². The Balaban J connectivity index is 2.15. The molecule has 0 saturated heterocycles. The van der Waals surface area contributed by atoms with Crippen LogP contribution in [0.15, 0.2) is 24.3 Å². The predicted octanol–water partition coefficient (Wildman–Crippen LogP) is 1.43. The molecular weight excluding hydrogens is 234 g/mol. The lowest BCUT2D eigenvalue weighted by atomic mass is 9.93. The fraction of sp³-hybridized carbons (Fsp3) is 0.385. The number of benzene rings is 1. The monoisotopic (exact) mass is 249 g/mol. The second-order valence-electron chi connectivity index (χ2n) is 4.83. The van der Waals surface area contributed by atoms with Gasteiger partial charge in [0.2, 0.25) is 0 Å². The van der Waals surface area contributed by atoms with Gasteiger partial charge in [-0.3, -0.25) is 4.79 Å². The Morgan fingerprint density at radius 1 is 1.22 bits per heavy atom. The minimum Gasteiger partial charge on any atom is -0.480 e. The van der Waals surface area contributed by atoms with Crippen LogP contribution in [0.2, 0.25) is 0 Å². The number of hydrogen-bond donors (Lipinski definition) is 3. The summed E-state index contributed by atoms with van der Waals surface area (Å²) in [5.74, 6) is -1.84. The minimum atomic E-state index is -1.14. The van der Waals surface area contributed by atoms with Crippen LogP contribution in [0.1, 0.15) is 41.1 Å². The van der Waals surface area contributed by atoms with E-state index >= 15 is 0 Å². The molecule has 2 rings (SSSR count). The van der Waals surface area contributed by atoms with Gasteiger partial charge in [-0.05, 0) is 42.9 Å². The van der Waals surface area contributed by atoms with Crippen LogP contribution in [-0.4, -0.2) is 27.7 Å². The van der Waals surface area contributed by atoms with E-state index in [-0.39, 0.29) is 11.5 Å². The van der Waals surface area contributed by atoms with Gasteiger partial charge in [-0.1, -0.05) is 12.1 Å². The van der Waals surface area contributed by atoms with Crippen LogP contribution >= 0.6 is 0 Å². The van der Waals surface area contributed by atoms with Crippen molar-refractivity contribution >= 4 is 11.9 Å². The average Bonchev–Trinajstić information content (AvgIpc) is 2.73. The Kier molecular flexibility index (Phi) is 3.09. The third-order valence-electron chi connectivity index (χ3n) is 3.60. The fourth-order valence-corrected chi connectivity index (χ4v) is 2.45. The molecule has 18 heavy (non-hydrogen) atoms. The number of rotatable bonds is 3. The van der Waals surface area contributed by atoms with Crippen molar-refractivity contribution in [3.05, 3.63) is 35.4 Å². The van der Waals surface area contributed by atoms with Gasteiger partial charge < -0.3 is 15.9 Å². The number of aromatic carboxylic acids is 1. The molecule has 5 heteroatoms. The summed E-state index contributed by atoms with van der Waals surface area (Å²) in [5, 5.41) is 17.9. The standard InChI is InChI=1S/C13H15NO4/c14-13(12(17)18)6-5-10(7-13)8-1-3-9(4-2-8)11(15)16/h1-4,10H,5-7,14H2,(H,15,16)(H,17,18). The molecule has 96 valence electrons. The molecule has 0 amide bonds. The highest BCUT2D eigenvalue weighted by molar-refractivity contribution is 5.87. The van der Waals surface area contributed by atoms with Crippen LogP contribution in [0.5, 0.6) is 0 Å². The quantitative estimate of drug-likeness (QED) is 0.752.